The Morgan fingerprint density at radius 1 is 1.11 bits per heavy atom. The average molecular weight is 360 g/mol. The highest BCUT2D eigenvalue weighted by atomic mass is 16.5. The van der Waals surface area contributed by atoms with E-state index in [0.717, 1.165) is 28.6 Å². The van der Waals surface area contributed by atoms with Crippen molar-refractivity contribution >= 4 is 11.7 Å². The summed E-state index contributed by atoms with van der Waals surface area (Å²) in [6.07, 6.45) is 6.17. The van der Waals surface area contributed by atoms with Gasteiger partial charge in [-0.3, -0.25) is 0 Å². The van der Waals surface area contributed by atoms with Gasteiger partial charge in [0.05, 0.1) is 31.0 Å². The molecule has 0 bridgehead atoms. The monoisotopic (exact) mass is 360 g/mol. The molecule has 1 N–H and O–H groups in total. The van der Waals surface area contributed by atoms with Crippen LogP contribution in [0, 0.1) is 6.92 Å². The molecule has 0 radical (unpaired) electrons. The van der Waals surface area contributed by atoms with Gasteiger partial charge in [0.15, 0.2) is 0 Å². The highest BCUT2D eigenvalue weighted by molar-refractivity contribution is 5.61. The Balaban J connectivity index is 1.51. The molecule has 0 fully saturated rings. The number of rotatable bonds is 6. The summed E-state index contributed by atoms with van der Waals surface area (Å²) < 4.78 is 13.3. The van der Waals surface area contributed by atoms with Crippen molar-refractivity contribution in [3.8, 4) is 11.4 Å². The summed E-state index contributed by atoms with van der Waals surface area (Å²) in [7, 11) is 1.65. The number of benzene rings is 2. The summed E-state index contributed by atoms with van der Waals surface area (Å²) >= 11 is 0. The first kappa shape index (κ1) is 16.9. The number of aryl methyl sites for hydroxylation is 1. The third-order valence-corrected chi connectivity index (χ3v) is 4.20. The second-order valence-electron chi connectivity index (χ2n) is 6.23. The Kier molecular flexibility index (Phi) is 4.61. The van der Waals surface area contributed by atoms with Crippen molar-refractivity contribution in [2.24, 2.45) is 0 Å². The molecule has 2 aromatic heterocycles. The number of imidazole rings is 1. The minimum atomic E-state index is 0.453. The minimum Gasteiger partial charge on any atom is -0.494 e. The number of nitrogens with one attached hydrogen (secondary N) is 1. The largest absolute Gasteiger partial charge is 0.494 e. The van der Waals surface area contributed by atoms with Crippen molar-refractivity contribution in [2.45, 2.75) is 13.3 Å². The van der Waals surface area contributed by atoms with E-state index in [4.69, 9.17) is 9.15 Å². The molecular formula is C21H20N4O2. The maximum Gasteiger partial charge on any atom is 0.299 e. The van der Waals surface area contributed by atoms with E-state index in [9.17, 15) is 0 Å². The van der Waals surface area contributed by atoms with Crippen molar-refractivity contribution in [3.05, 3.63) is 84.3 Å². The van der Waals surface area contributed by atoms with Crippen LogP contribution >= 0.6 is 0 Å². The fraction of sp³-hybridized carbons (Fsp3) is 0.143. The molecule has 27 heavy (non-hydrogen) atoms. The predicted molar refractivity (Wildman–Crippen MR) is 104 cm³/mol. The van der Waals surface area contributed by atoms with Crippen molar-refractivity contribution in [1.82, 2.24) is 14.5 Å². The minimum absolute atomic E-state index is 0.453. The lowest BCUT2D eigenvalue weighted by Crippen LogP contribution is -1.98. The first-order valence-electron chi connectivity index (χ1n) is 8.66. The van der Waals surface area contributed by atoms with Crippen LogP contribution in [0.1, 0.15) is 17.0 Å². The lowest BCUT2D eigenvalue weighted by molar-refractivity contribution is 0.413. The normalized spacial score (nSPS) is 10.7. The molecule has 0 saturated carbocycles. The lowest BCUT2D eigenvalue weighted by atomic mass is 10.1. The summed E-state index contributed by atoms with van der Waals surface area (Å²) in [5.41, 5.74) is 3.88. The van der Waals surface area contributed by atoms with Crippen LogP contribution < -0.4 is 10.1 Å². The van der Waals surface area contributed by atoms with Gasteiger partial charge in [0.25, 0.3) is 6.01 Å². The van der Waals surface area contributed by atoms with Crippen LogP contribution in [0.3, 0.4) is 0 Å². The Morgan fingerprint density at radius 3 is 2.70 bits per heavy atom. The third kappa shape index (κ3) is 3.84. The standard InChI is InChI=1S/C21H20N4O2/c1-15-13-25(14-23-15)19-9-8-17(11-20(19)26-2)24-21-22-12-18(27-21)10-16-6-4-3-5-7-16/h3-9,11-14H,10H2,1-2H3,(H,22,24). The Hall–Kier alpha value is -3.54. The lowest BCUT2D eigenvalue weighted by Gasteiger charge is -2.11. The van der Waals surface area contributed by atoms with E-state index in [0.29, 0.717) is 12.4 Å². The van der Waals surface area contributed by atoms with E-state index in [-0.39, 0.29) is 0 Å². The van der Waals surface area contributed by atoms with Crippen molar-refractivity contribution in [3.63, 3.8) is 0 Å². The van der Waals surface area contributed by atoms with Gasteiger partial charge in [-0.1, -0.05) is 30.3 Å². The van der Waals surface area contributed by atoms with Crippen LogP contribution in [0.5, 0.6) is 5.75 Å². The highest BCUT2D eigenvalue weighted by Crippen LogP contribution is 2.28. The number of aromatic nitrogens is 3. The molecule has 0 aliphatic rings. The zero-order valence-corrected chi connectivity index (χ0v) is 15.2. The number of anilines is 2. The van der Waals surface area contributed by atoms with Crippen LogP contribution in [0.2, 0.25) is 0 Å². The zero-order chi connectivity index (χ0) is 18.6. The first-order valence-corrected chi connectivity index (χ1v) is 8.66. The van der Waals surface area contributed by atoms with Crippen molar-refractivity contribution in [1.29, 1.82) is 0 Å². The van der Waals surface area contributed by atoms with Gasteiger partial charge in [-0.05, 0) is 24.6 Å². The maximum atomic E-state index is 5.80. The second-order valence-corrected chi connectivity index (χ2v) is 6.23. The van der Waals surface area contributed by atoms with Gasteiger partial charge in [-0.25, -0.2) is 9.97 Å². The van der Waals surface area contributed by atoms with Gasteiger partial charge in [0.1, 0.15) is 11.5 Å². The zero-order valence-electron chi connectivity index (χ0n) is 15.2. The van der Waals surface area contributed by atoms with Crippen LogP contribution in [0.25, 0.3) is 5.69 Å². The fourth-order valence-electron chi connectivity index (χ4n) is 2.89. The van der Waals surface area contributed by atoms with Crippen LogP contribution in [0.15, 0.2) is 71.7 Å². The number of methoxy groups -OCH3 is 1. The summed E-state index contributed by atoms with van der Waals surface area (Å²) in [5, 5.41) is 3.19. The van der Waals surface area contributed by atoms with Gasteiger partial charge >= 0.3 is 0 Å². The Bertz CT molecular complexity index is 1040. The molecule has 4 rings (SSSR count). The fourth-order valence-corrected chi connectivity index (χ4v) is 2.89. The van der Waals surface area contributed by atoms with Gasteiger partial charge in [-0.15, -0.1) is 0 Å². The number of hydrogen-bond donors (Lipinski definition) is 1. The van der Waals surface area contributed by atoms with E-state index in [1.54, 1.807) is 19.6 Å². The predicted octanol–water partition coefficient (Wildman–Crippen LogP) is 4.51. The molecule has 6 nitrogen and oxygen atoms in total. The number of nitrogens with zero attached hydrogens (tertiary/aromatic N) is 3. The first-order chi connectivity index (χ1) is 13.2. The molecule has 2 aromatic carbocycles. The van der Waals surface area contributed by atoms with Crippen molar-refractivity contribution in [2.75, 3.05) is 12.4 Å². The molecule has 0 unspecified atom stereocenters. The smallest absolute Gasteiger partial charge is 0.299 e. The summed E-state index contributed by atoms with van der Waals surface area (Å²) in [4.78, 5) is 8.58. The quantitative estimate of drug-likeness (QED) is 0.548. The summed E-state index contributed by atoms with van der Waals surface area (Å²) in [6.45, 7) is 1.95. The molecule has 6 heteroatoms. The Labute approximate surface area is 157 Å². The van der Waals surface area contributed by atoms with Crippen LogP contribution in [-0.2, 0) is 6.42 Å². The Morgan fingerprint density at radius 2 is 1.96 bits per heavy atom. The van der Waals surface area contributed by atoms with Gasteiger partial charge < -0.3 is 19.0 Å². The van der Waals surface area contributed by atoms with E-state index in [1.165, 1.54) is 5.56 Å². The van der Waals surface area contributed by atoms with Gasteiger partial charge in [0, 0.05) is 24.4 Å². The topological polar surface area (TPSA) is 65.1 Å². The number of oxazole rings is 1. The van der Waals surface area contributed by atoms with Gasteiger partial charge in [0.2, 0.25) is 0 Å². The molecule has 0 spiro atoms. The molecule has 0 aliphatic heterocycles. The highest BCUT2D eigenvalue weighted by Gasteiger charge is 2.10. The summed E-state index contributed by atoms with van der Waals surface area (Å²) in [6, 6.07) is 16.4. The van der Waals surface area contributed by atoms with Gasteiger partial charge in [-0.2, -0.15) is 0 Å². The van der Waals surface area contributed by atoms with E-state index in [1.807, 2.05) is 54.1 Å². The van der Waals surface area contributed by atoms with Crippen LogP contribution in [-0.4, -0.2) is 21.6 Å². The molecule has 2 heterocycles. The molecule has 0 saturated heterocycles. The van der Waals surface area contributed by atoms with Crippen LogP contribution in [0.4, 0.5) is 11.7 Å². The van der Waals surface area contributed by atoms with E-state index in [2.05, 4.69) is 27.4 Å². The molecule has 136 valence electrons. The molecule has 0 aliphatic carbocycles. The van der Waals surface area contributed by atoms with E-state index >= 15 is 0 Å². The second kappa shape index (κ2) is 7.37. The number of hydrogen-bond acceptors (Lipinski definition) is 5. The third-order valence-electron chi connectivity index (χ3n) is 4.20. The summed E-state index contributed by atoms with van der Waals surface area (Å²) in [5.74, 6) is 1.54. The van der Waals surface area contributed by atoms with E-state index < -0.39 is 0 Å². The SMILES string of the molecule is COc1cc(Nc2ncc(Cc3ccccc3)o2)ccc1-n1cnc(C)c1. The molecule has 0 atom stereocenters. The molecule has 4 aromatic rings. The van der Waals surface area contributed by atoms with Crippen molar-refractivity contribution < 1.29 is 9.15 Å². The number of ether oxygens (including phenoxy) is 1. The molecule has 0 amide bonds. The maximum absolute atomic E-state index is 5.80. The molecular weight excluding hydrogens is 340 g/mol. The average Bonchev–Trinajstić information content (AvgIpc) is 3.31.